The van der Waals surface area contributed by atoms with E-state index in [2.05, 4.69) is 28.3 Å². The molecular formula is C18H31N5. The Bertz CT molecular complexity index is 508. The van der Waals surface area contributed by atoms with E-state index in [1.165, 1.54) is 63.0 Å². The lowest BCUT2D eigenvalue weighted by atomic mass is 9.91. The van der Waals surface area contributed by atoms with Crippen molar-refractivity contribution in [2.45, 2.75) is 57.5 Å². The zero-order valence-corrected chi connectivity index (χ0v) is 14.9. The van der Waals surface area contributed by atoms with Crippen LogP contribution in [0.2, 0.25) is 0 Å². The SMILES string of the molecule is CCCN1CCC(N[C@@H]2CCCc3nc(N(C)C)ncc32)CC1. The Morgan fingerprint density at radius 1 is 1.26 bits per heavy atom. The number of aromatic nitrogens is 2. The van der Waals surface area contributed by atoms with Crippen LogP contribution in [0.5, 0.6) is 0 Å². The summed E-state index contributed by atoms with van der Waals surface area (Å²) < 4.78 is 0. The van der Waals surface area contributed by atoms with Gasteiger partial charge in [0.1, 0.15) is 0 Å². The highest BCUT2D eigenvalue weighted by Gasteiger charge is 2.26. The predicted octanol–water partition coefficient (Wildman–Crippen LogP) is 2.38. The highest BCUT2D eigenvalue weighted by molar-refractivity contribution is 5.34. The number of nitrogens with one attached hydrogen (secondary N) is 1. The van der Waals surface area contributed by atoms with Crippen molar-refractivity contribution in [1.82, 2.24) is 20.2 Å². The van der Waals surface area contributed by atoms with Crippen LogP contribution in [0.3, 0.4) is 0 Å². The van der Waals surface area contributed by atoms with Crippen LogP contribution in [0.1, 0.15) is 56.3 Å². The van der Waals surface area contributed by atoms with Gasteiger partial charge in [0.15, 0.2) is 0 Å². The third-order valence-corrected chi connectivity index (χ3v) is 5.13. The maximum Gasteiger partial charge on any atom is 0.225 e. The second kappa shape index (κ2) is 7.58. The standard InChI is InChI=1S/C18H31N5/c1-4-10-23-11-8-14(9-12-23)20-16-6-5-7-17-15(16)13-19-18(21-17)22(2)3/h13-14,16,20H,4-12H2,1-3H3/t16-/m1/s1. The fourth-order valence-corrected chi connectivity index (χ4v) is 3.85. The van der Waals surface area contributed by atoms with E-state index in [1.54, 1.807) is 0 Å². The second-order valence-corrected chi connectivity index (χ2v) is 7.19. The van der Waals surface area contributed by atoms with Crippen molar-refractivity contribution in [3.63, 3.8) is 0 Å². The number of rotatable bonds is 5. The van der Waals surface area contributed by atoms with Gasteiger partial charge in [-0.2, -0.15) is 0 Å². The molecular weight excluding hydrogens is 286 g/mol. The molecule has 1 aromatic heterocycles. The summed E-state index contributed by atoms with van der Waals surface area (Å²) >= 11 is 0. The minimum atomic E-state index is 0.442. The molecule has 1 aliphatic heterocycles. The molecule has 1 N–H and O–H groups in total. The molecule has 0 saturated carbocycles. The quantitative estimate of drug-likeness (QED) is 0.903. The van der Waals surface area contributed by atoms with Gasteiger partial charge in [-0.3, -0.25) is 0 Å². The molecule has 3 rings (SSSR count). The molecule has 23 heavy (non-hydrogen) atoms. The van der Waals surface area contributed by atoms with Crippen LogP contribution in [0.25, 0.3) is 0 Å². The van der Waals surface area contributed by atoms with Gasteiger partial charge in [-0.15, -0.1) is 0 Å². The molecule has 128 valence electrons. The summed E-state index contributed by atoms with van der Waals surface area (Å²) in [5.74, 6) is 0.831. The van der Waals surface area contributed by atoms with Crippen molar-refractivity contribution in [2.75, 3.05) is 38.6 Å². The molecule has 1 aliphatic carbocycles. The zero-order valence-electron chi connectivity index (χ0n) is 14.9. The Hall–Kier alpha value is -1.20. The van der Waals surface area contributed by atoms with Crippen molar-refractivity contribution >= 4 is 5.95 Å². The van der Waals surface area contributed by atoms with Gasteiger partial charge < -0.3 is 15.1 Å². The van der Waals surface area contributed by atoms with Crippen molar-refractivity contribution in [3.8, 4) is 0 Å². The van der Waals surface area contributed by atoms with E-state index in [9.17, 15) is 0 Å². The van der Waals surface area contributed by atoms with E-state index in [0.29, 0.717) is 12.1 Å². The highest BCUT2D eigenvalue weighted by Crippen LogP contribution is 2.30. The van der Waals surface area contributed by atoms with Crippen LogP contribution < -0.4 is 10.2 Å². The summed E-state index contributed by atoms with van der Waals surface area (Å²) in [4.78, 5) is 13.9. The van der Waals surface area contributed by atoms with E-state index in [1.807, 2.05) is 19.0 Å². The van der Waals surface area contributed by atoms with Crippen LogP contribution in [0, 0.1) is 0 Å². The summed E-state index contributed by atoms with van der Waals surface area (Å²) in [6, 6.07) is 1.09. The molecule has 1 aromatic rings. The molecule has 0 amide bonds. The Balaban J connectivity index is 1.62. The topological polar surface area (TPSA) is 44.3 Å². The number of anilines is 1. The smallest absolute Gasteiger partial charge is 0.225 e. The fraction of sp³-hybridized carbons (Fsp3) is 0.778. The molecule has 5 heteroatoms. The summed E-state index contributed by atoms with van der Waals surface area (Å²) in [6.45, 7) is 5.99. The van der Waals surface area contributed by atoms with Crippen molar-refractivity contribution < 1.29 is 0 Å². The van der Waals surface area contributed by atoms with Gasteiger partial charge in [0.05, 0.1) is 5.69 Å². The van der Waals surface area contributed by atoms with Gasteiger partial charge in [0.2, 0.25) is 5.95 Å². The van der Waals surface area contributed by atoms with E-state index in [4.69, 9.17) is 4.98 Å². The number of hydrogen-bond donors (Lipinski definition) is 1. The number of hydrogen-bond acceptors (Lipinski definition) is 5. The Morgan fingerprint density at radius 3 is 2.74 bits per heavy atom. The van der Waals surface area contributed by atoms with Crippen LogP contribution in [-0.2, 0) is 6.42 Å². The molecule has 0 spiro atoms. The minimum Gasteiger partial charge on any atom is -0.347 e. The summed E-state index contributed by atoms with van der Waals surface area (Å²) in [5, 5.41) is 3.91. The van der Waals surface area contributed by atoms with Crippen molar-refractivity contribution in [2.24, 2.45) is 0 Å². The monoisotopic (exact) mass is 317 g/mol. The molecule has 2 heterocycles. The van der Waals surface area contributed by atoms with E-state index in [0.717, 1.165) is 12.4 Å². The van der Waals surface area contributed by atoms with Crippen LogP contribution in [-0.4, -0.2) is 54.6 Å². The van der Waals surface area contributed by atoms with E-state index < -0.39 is 0 Å². The Morgan fingerprint density at radius 2 is 2.04 bits per heavy atom. The normalized spacial score (nSPS) is 22.8. The van der Waals surface area contributed by atoms with Crippen LogP contribution in [0.15, 0.2) is 6.20 Å². The molecule has 0 bridgehead atoms. The van der Waals surface area contributed by atoms with Gasteiger partial charge in [-0.1, -0.05) is 6.92 Å². The van der Waals surface area contributed by atoms with Gasteiger partial charge in [0.25, 0.3) is 0 Å². The minimum absolute atomic E-state index is 0.442. The molecule has 5 nitrogen and oxygen atoms in total. The summed E-state index contributed by atoms with van der Waals surface area (Å²) in [5.41, 5.74) is 2.58. The lowest BCUT2D eigenvalue weighted by Crippen LogP contribution is -2.44. The Labute approximate surface area is 140 Å². The highest BCUT2D eigenvalue weighted by atomic mass is 15.2. The van der Waals surface area contributed by atoms with Gasteiger partial charge in [-0.25, -0.2) is 9.97 Å². The second-order valence-electron chi connectivity index (χ2n) is 7.19. The van der Waals surface area contributed by atoms with Crippen LogP contribution in [0.4, 0.5) is 5.95 Å². The Kier molecular flexibility index (Phi) is 5.49. The largest absolute Gasteiger partial charge is 0.347 e. The summed E-state index contributed by atoms with van der Waals surface area (Å²) in [7, 11) is 4.01. The molecule has 0 unspecified atom stereocenters. The molecule has 1 saturated heterocycles. The number of aryl methyl sites for hydroxylation is 1. The number of fused-ring (bicyclic) bond motifs is 1. The first-order valence-electron chi connectivity index (χ1n) is 9.19. The fourth-order valence-electron chi connectivity index (χ4n) is 3.85. The summed E-state index contributed by atoms with van der Waals surface area (Å²) in [6.07, 6.45) is 9.38. The molecule has 0 radical (unpaired) electrons. The maximum absolute atomic E-state index is 4.76. The average Bonchev–Trinajstić information content (AvgIpc) is 2.56. The van der Waals surface area contributed by atoms with Gasteiger partial charge in [-0.05, 0) is 58.2 Å². The zero-order chi connectivity index (χ0) is 16.2. The molecule has 0 aromatic carbocycles. The average molecular weight is 317 g/mol. The van der Waals surface area contributed by atoms with E-state index in [-0.39, 0.29) is 0 Å². The third kappa shape index (κ3) is 4.01. The van der Waals surface area contributed by atoms with Crippen molar-refractivity contribution in [3.05, 3.63) is 17.5 Å². The molecule has 1 atom stereocenters. The number of piperidine rings is 1. The molecule has 2 aliphatic rings. The van der Waals surface area contributed by atoms with E-state index >= 15 is 0 Å². The lowest BCUT2D eigenvalue weighted by molar-refractivity contribution is 0.188. The number of likely N-dealkylation sites (tertiary alicyclic amines) is 1. The molecule has 1 fully saturated rings. The first kappa shape index (κ1) is 16.7. The van der Waals surface area contributed by atoms with Gasteiger partial charge in [0, 0.05) is 37.9 Å². The first-order chi connectivity index (χ1) is 11.2. The van der Waals surface area contributed by atoms with Crippen LogP contribution >= 0.6 is 0 Å². The lowest BCUT2D eigenvalue weighted by Gasteiger charge is -2.36. The first-order valence-corrected chi connectivity index (χ1v) is 9.19. The van der Waals surface area contributed by atoms with Crippen molar-refractivity contribution in [1.29, 1.82) is 0 Å². The predicted molar refractivity (Wildman–Crippen MR) is 94.9 cm³/mol. The number of nitrogens with zero attached hydrogens (tertiary/aromatic N) is 4. The maximum atomic E-state index is 4.76. The third-order valence-electron chi connectivity index (χ3n) is 5.13. The van der Waals surface area contributed by atoms with Gasteiger partial charge >= 0.3 is 0 Å².